The summed E-state index contributed by atoms with van der Waals surface area (Å²) in [6.07, 6.45) is 0.777. The van der Waals surface area contributed by atoms with Gasteiger partial charge < -0.3 is 10.8 Å². The summed E-state index contributed by atoms with van der Waals surface area (Å²) < 4.78 is 15.7. The molecule has 2 aromatic rings. The second-order valence-electron chi connectivity index (χ2n) is 7.59. The number of aliphatic hydroxyl groups excluding tert-OH is 1. The Labute approximate surface area is 157 Å². The highest BCUT2D eigenvalue weighted by atomic mass is 19.1. The number of halogens is 1. The van der Waals surface area contributed by atoms with Gasteiger partial charge in [0.15, 0.2) is 0 Å². The monoisotopic (exact) mass is 357 g/mol. The van der Waals surface area contributed by atoms with Crippen molar-refractivity contribution < 1.29 is 9.50 Å². The molecule has 3 N–H and O–H groups in total. The quantitative estimate of drug-likeness (QED) is 0.681. The molecule has 0 amide bonds. The number of nitrogens with two attached hydrogens (primary N) is 1. The van der Waals surface area contributed by atoms with Crippen molar-refractivity contribution in [3.63, 3.8) is 0 Å². The molecule has 2 aromatic carbocycles. The van der Waals surface area contributed by atoms with Gasteiger partial charge in [0.2, 0.25) is 0 Å². The molecule has 0 radical (unpaired) electrons. The predicted octanol–water partition coefficient (Wildman–Crippen LogP) is 5.57. The molecule has 1 unspecified atom stereocenters. The molecule has 0 aliphatic heterocycles. The molecule has 0 aliphatic carbocycles. The first-order valence-electron chi connectivity index (χ1n) is 9.60. The minimum Gasteiger partial charge on any atom is -0.392 e. The number of rotatable bonds is 7. The third-order valence-electron chi connectivity index (χ3n) is 5.28. The second kappa shape index (κ2) is 8.79. The first-order valence-corrected chi connectivity index (χ1v) is 9.60. The van der Waals surface area contributed by atoms with Gasteiger partial charge >= 0.3 is 0 Å². The lowest BCUT2D eigenvalue weighted by Crippen LogP contribution is -2.15. The van der Waals surface area contributed by atoms with Crippen molar-refractivity contribution in [3.8, 4) is 0 Å². The molecule has 1 atom stereocenters. The molecule has 0 spiro atoms. The average molecular weight is 358 g/mol. The SMILES string of the molecule is CCC(c1ccccc1CN)c1c(C(C)C)cc(C(C)C)c(CO)c1F. The van der Waals surface area contributed by atoms with E-state index < -0.39 is 0 Å². The van der Waals surface area contributed by atoms with Gasteiger partial charge in [0, 0.05) is 18.0 Å². The van der Waals surface area contributed by atoms with Crippen LogP contribution in [0.3, 0.4) is 0 Å². The van der Waals surface area contributed by atoms with Gasteiger partial charge in [-0.2, -0.15) is 0 Å². The molecule has 0 heterocycles. The Kier molecular flexibility index (Phi) is 6.96. The van der Waals surface area contributed by atoms with Crippen LogP contribution in [0.25, 0.3) is 0 Å². The van der Waals surface area contributed by atoms with E-state index in [-0.39, 0.29) is 30.2 Å². The standard InChI is InChI=1S/C23H32FNO/c1-6-17(18-10-8-7-9-16(18)12-25)22-20(15(4)5)11-19(14(2)3)21(13-26)23(22)24/h7-11,14-15,17,26H,6,12-13,25H2,1-5H3. The maximum atomic E-state index is 15.7. The van der Waals surface area contributed by atoms with Gasteiger partial charge in [0.25, 0.3) is 0 Å². The van der Waals surface area contributed by atoms with Crippen molar-refractivity contribution >= 4 is 0 Å². The third kappa shape index (κ3) is 3.84. The Hall–Kier alpha value is -1.71. The van der Waals surface area contributed by atoms with Crippen molar-refractivity contribution in [2.45, 2.75) is 71.9 Å². The van der Waals surface area contributed by atoms with Crippen molar-refractivity contribution in [1.82, 2.24) is 0 Å². The van der Waals surface area contributed by atoms with Gasteiger partial charge in [-0.3, -0.25) is 0 Å². The maximum Gasteiger partial charge on any atom is 0.133 e. The molecule has 0 saturated carbocycles. The van der Waals surface area contributed by atoms with E-state index in [1.807, 2.05) is 32.0 Å². The van der Waals surface area contributed by atoms with Crippen LogP contribution in [0.1, 0.15) is 92.2 Å². The first-order chi connectivity index (χ1) is 12.4. The number of hydrogen-bond acceptors (Lipinski definition) is 2. The van der Waals surface area contributed by atoms with Gasteiger partial charge in [0.1, 0.15) is 5.82 Å². The normalized spacial score (nSPS) is 12.8. The lowest BCUT2D eigenvalue weighted by atomic mass is 9.78. The van der Waals surface area contributed by atoms with Crippen LogP contribution in [-0.2, 0) is 13.2 Å². The summed E-state index contributed by atoms with van der Waals surface area (Å²) in [5.74, 6) is 0.0400. The molecule has 142 valence electrons. The first kappa shape index (κ1) is 20.6. The zero-order valence-corrected chi connectivity index (χ0v) is 16.6. The Balaban J connectivity index is 2.80. The lowest BCUT2D eigenvalue weighted by molar-refractivity contribution is 0.273. The fourth-order valence-corrected chi connectivity index (χ4v) is 3.90. The zero-order chi connectivity index (χ0) is 19.4. The molecule has 3 heteroatoms. The molecule has 2 nitrogen and oxygen atoms in total. The molecular formula is C23H32FNO. The van der Waals surface area contributed by atoms with Crippen LogP contribution < -0.4 is 5.73 Å². The zero-order valence-electron chi connectivity index (χ0n) is 16.6. The summed E-state index contributed by atoms with van der Waals surface area (Å²) in [6.45, 7) is 10.5. The van der Waals surface area contributed by atoms with E-state index >= 15 is 4.39 Å². The van der Waals surface area contributed by atoms with Crippen molar-refractivity contribution in [1.29, 1.82) is 0 Å². The highest BCUT2D eigenvalue weighted by molar-refractivity contribution is 5.49. The maximum absolute atomic E-state index is 15.7. The van der Waals surface area contributed by atoms with E-state index in [2.05, 4.69) is 32.9 Å². The molecule has 26 heavy (non-hydrogen) atoms. The molecule has 0 saturated heterocycles. The topological polar surface area (TPSA) is 46.2 Å². The molecule has 0 fully saturated rings. The van der Waals surface area contributed by atoms with Gasteiger partial charge in [-0.05, 0) is 46.1 Å². The fourth-order valence-electron chi connectivity index (χ4n) is 3.90. The average Bonchev–Trinajstić information content (AvgIpc) is 2.62. The summed E-state index contributed by atoms with van der Waals surface area (Å²) >= 11 is 0. The van der Waals surface area contributed by atoms with E-state index in [1.165, 1.54) is 0 Å². The summed E-state index contributed by atoms with van der Waals surface area (Å²) in [4.78, 5) is 0. The minimum atomic E-state index is -0.278. The minimum absolute atomic E-state index is 0.0707. The van der Waals surface area contributed by atoms with Gasteiger partial charge in [-0.1, -0.05) is 65.0 Å². The lowest BCUT2D eigenvalue weighted by Gasteiger charge is -2.27. The van der Waals surface area contributed by atoms with Crippen LogP contribution in [0, 0.1) is 5.82 Å². The molecule has 0 bridgehead atoms. The summed E-state index contributed by atoms with van der Waals surface area (Å²) in [5, 5.41) is 9.87. The van der Waals surface area contributed by atoms with Crippen LogP contribution >= 0.6 is 0 Å². The number of benzene rings is 2. The fraction of sp³-hybridized carbons (Fsp3) is 0.478. The van der Waals surface area contributed by atoms with Gasteiger partial charge in [0.05, 0.1) is 6.61 Å². The Bertz CT molecular complexity index is 752. The summed E-state index contributed by atoms with van der Waals surface area (Å²) in [5.41, 5.74) is 11.2. The predicted molar refractivity (Wildman–Crippen MR) is 107 cm³/mol. The van der Waals surface area contributed by atoms with E-state index in [4.69, 9.17) is 5.73 Å². The number of hydrogen-bond donors (Lipinski definition) is 2. The van der Waals surface area contributed by atoms with Gasteiger partial charge in [-0.15, -0.1) is 0 Å². The third-order valence-corrected chi connectivity index (χ3v) is 5.28. The summed E-state index contributed by atoms with van der Waals surface area (Å²) in [7, 11) is 0. The van der Waals surface area contributed by atoms with Crippen LogP contribution in [0.4, 0.5) is 4.39 Å². The highest BCUT2D eigenvalue weighted by Crippen LogP contribution is 2.40. The molecule has 2 rings (SSSR count). The second-order valence-corrected chi connectivity index (χ2v) is 7.59. The summed E-state index contributed by atoms with van der Waals surface area (Å²) in [6, 6.07) is 10.1. The van der Waals surface area contributed by atoms with Gasteiger partial charge in [-0.25, -0.2) is 4.39 Å². The van der Waals surface area contributed by atoms with E-state index in [9.17, 15) is 5.11 Å². The van der Waals surface area contributed by atoms with E-state index in [0.717, 1.165) is 34.2 Å². The molecule has 0 aliphatic rings. The van der Waals surface area contributed by atoms with Crippen LogP contribution in [0.5, 0.6) is 0 Å². The van der Waals surface area contributed by atoms with Crippen molar-refractivity contribution in [2.24, 2.45) is 5.73 Å². The number of aliphatic hydroxyl groups is 1. The molecular weight excluding hydrogens is 325 g/mol. The largest absolute Gasteiger partial charge is 0.392 e. The van der Waals surface area contributed by atoms with E-state index in [1.54, 1.807) is 0 Å². The Morgan fingerprint density at radius 3 is 2.12 bits per heavy atom. The van der Waals surface area contributed by atoms with Crippen LogP contribution in [0.2, 0.25) is 0 Å². The van der Waals surface area contributed by atoms with Crippen molar-refractivity contribution in [3.05, 3.63) is 69.5 Å². The van der Waals surface area contributed by atoms with E-state index in [0.29, 0.717) is 12.1 Å². The highest BCUT2D eigenvalue weighted by Gasteiger charge is 2.27. The Morgan fingerprint density at radius 2 is 1.62 bits per heavy atom. The van der Waals surface area contributed by atoms with Crippen LogP contribution in [-0.4, -0.2) is 5.11 Å². The van der Waals surface area contributed by atoms with Crippen molar-refractivity contribution in [2.75, 3.05) is 0 Å². The molecule has 0 aromatic heterocycles. The Morgan fingerprint density at radius 1 is 1.00 bits per heavy atom. The van der Waals surface area contributed by atoms with Crippen LogP contribution in [0.15, 0.2) is 30.3 Å². The smallest absolute Gasteiger partial charge is 0.133 e.